The minimum Gasteiger partial charge on any atom is -0.494 e. The van der Waals surface area contributed by atoms with Crippen LogP contribution in [0.15, 0.2) is 52.5 Å². The van der Waals surface area contributed by atoms with Crippen molar-refractivity contribution in [2.75, 3.05) is 13.7 Å². The molecule has 10 heteroatoms. The summed E-state index contributed by atoms with van der Waals surface area (Å²) in [7, 11) is -2.57. The second-order valence-electron chi connectivity index (χ2n) is 5.05. The molecule has 0 fully saturated rings. The fourth-order valence-corrected chi connectivity index (χ4v) is 2.85. The van der Waals surface area contributed by atoms with Crippen LogP contribution in [-0.4, -0.2) is 35.0 Å². The van der Waals surface area contributed by atoms with Crippen LogP contribution in [0.1, 0.15) is 12.5 Å². The molecule has 0 aliphatic heterocycles. The van der Waals surface area contributed by atoms with Crippen LogP contribution in [0.3, 0.4) is 0 Å². The Morgan fingerprint density at radius 1 is 1.15 bits per heavy atom. The maximum Gasteiger partial charge on any atom is 0.387 e. The summed E-state index contributed by atoms with van der Waals surface area (Å²) in [5, 5.41) is 3.68. The molecule has 0 bridgehead atoms. The van der Waals surface area contributed by atoms with Gasteiger partial charge in [0.05, 0.1) is 24.8 Å². The molecule has 146 valence electrons. The minimum absolute atomic E-state index is 0.0152. The first-order valence-corrected chi connectivity index (χ1v) is 9.24. The summed E-state index contributed by atoms with van der Waals surface area (Å²) in [6, 6.07) is 9.93. The van der Waals surface area contributed by atoms with Crippen LogP contribution >= 0.6 is 0 Å². The maximum atomic E-state index is 12.3. The highest BCUT2D eigenvalue weighted by molar-refractivity contribution is 7.89. The molecule has 0 amide bonds. The smallest absolute Gasteiger partial charge is 0.387 e. The van der Waals surface area contributed by atoms with Crippen LogP contribution in [0.2, 0.25) is 0 Å². The van der Waals surface area contributed by atoms with E-state index in [9.17, 15) is 17.2 Å². The maximum absolute atomic E-state index is 12.3. The summed E-state index contributed by atoms with van der Waals surface area (Å²) < 4.78 is 63.5. The molecule has 0 heterocycles. The summed E-state index contributed by atoms with van der Waals surface area (Å²) in [5.41, 5.74) is 0.419. The third-order valence-electron chi connectivity index (χ3n) is 3.24. The zero-order valence-electron chi connectivity index (χ0n) is 14.6. The number of hydrazone groups is 1. The zero-order valence-corrected chi connectivity index (χ0v) is 15.4. The van der Waals surface area contributed by atoms with Crippen molar-refractivity contribution in [3.63, 3.8) is 0 Å². The number of rotatable bonds is 9. The number of hydrogen-bond acceptors (Lipinski definition) is 6. The van der Waals surface area contributed by atoms with E-state index in [1.807, 2.05) is 6.92 Å². The van der Waals surface area contributed by atoms with Crippen molar-refractivity contribution in [1.82, 2.24) is 4.83 Å². The lowest BCUT2D eigenvalue weighted by atomic mass is 10.2. The molecule has 0 radical (unpaired) electrons. The molecule has 0 aliphatic rings. The fraction of sp³-hybridized carbons (Fsp3) is 0.235. The molecule has 2 rings (SSSR count). The molecule has 0 saturated carbocycles. The fourth-order valence-electron chi connectivity index (χ4n) is 2.06. The molecule has 2 aromatic carbocycles. The summed E-state index contributed by atoms with van der Waals surface area (Å²) in [4.78, 5) is 2.08. The molecule has 1 N–H and O–H groups in total. The number of methoxy groups -OCH3 is 1. The second kappa shape index (κ2) is 9.17. The molecule has 0 unspecified atom stereocenters. The summed E-state index contributed by atoms with van der Waals surface area (Å²) >= 11 is 0. The van der Waals surface area contributed by atoms with E-state index in [0.29, 0.717) is 17.9 Å². The van der Waals surface area contributed by atoms with E-state index < -0.39 is 16.6 Å². The Labute approximate surface area is 155 Å². The van der Waals surface area contributed by atoms with Crippen molar-refractivity contribution in [3.05, 3.63) is 48.0 Å². The van der Waals surface area contributed by atoms with E-state index in [-0.39, 0.29) is 16.4 Å². The first-order valence-electron chi connectivity index (χ1n) is 7.76. The highest BCUT2D eigenvalue weighted by Gasteiger charge is 2.13. The van der Waals surface area contributed by atoms with Crippen molar-refractivity contribution < 1.29 is 31.4 Å². The number of halogens is 2. The Balaban J connectivity index is 2.09. The van der Waals surface area contributed by atoms with Gasteiger partial charge in [-0.05, 0) is 55.0 Å². The van der Waals surface area contributed by atoms with Gasteiger partial charge >= 0.3 is 6.61 Å². The number of benzene rings is 2. The normalized spacial score (nSPS) is 11.6. The van der Waals surface area contributed by atoms with Gasteiger partial charge in [-0.2, -0.15) is 22.3 Å². The van der Waals surface area contributed by atoms with Gasteiger partial charge in [-0.3, -0.25) is 0 Å². The van der Waals surface area contributed by atoms with E-state index in [0.717, 1.165) is 0 Å². The average molecular weight is 400 g/mol. The summed E-state index contributed by atoms with van der Waals surface area (Å²) in [6.45, 7) is -0.694. The van der Waals surface area contributed by atoms with Crippen LogP contribution in [-0.2, 0) is 10.0 Å². The van der Waals surface area contributed by atoms with Crippen molar-refractivity contribution in [2.45, 2.75) is 18.4 Å². The molecule has 0 saturated heterocycles. The van der Waals surface area contributed by atoms with Crippen LogP contribution in [0, 0.1) is 0 Å². The quantitative estimate of drug-likeness (QED) is 0.517. The van der Waals surface area contributed by atoms with E-state index in [1.165, 1.54) is 55.8 Å². The van der Waals surface area contributed by atoms with E-state index >= 15 is 0 Å². The largest absolute Gasteiger partial charge is 0.494 e. The SMILES string of the molecule is CCOc1ccc(S(=O)(=O)NN=Cc2ccc(OC(F)F)c(OC)c2)cc1. The van der Waals surface area contributed by atoms with E-state index in [2.05, 4.69) is 14.7 Å². The van der Waals surface area contributed by atoms with Gasteiger partial charge in [0.25, 0.3) is 10.0 Å². The van der Waals surface area contributed by atoms with Gasteiger partial charge < -0.3 is 14.2 Å². The standard InChI is InChI=1S/C17H18F2N2O5S/c1-3-25-13-5-7-14(8-6-13)27(22,23)21-20-11-12-4-9-15(26-17(18)19)16(10-12)24-2/h4-11,17,21H,3H2,1-2H3. The third kappa shape index (κ3) is 5.81. The Morgan fingerprint density at radius 3 is 2.44 bits per heavy atom. The number of alkyl halides is 2. The predicted molar refractivity (Wildman–Crippen MR) is 95.2 cm³/mol. The Morgan fingerprint density at radius 2 is 1.85 bits per heavy atom. The predicted octanol–water partition coefficient (Wildman–Crippen LogP) is 3.01. The third-order valence-corrected chi connectivity index (χ3v) is 4.47. The van der Waals surface area contributed by atoms with E-state index in [4.69, 9.17) is 9.47 Å². The van der Waals surface area contributed by atoms with Crippen molar-refractivity contribution in [2.24, 2.45) is 5.10 Å². The van der Waals surface area contributed by atoms with Gasteiger partial charge in [-0.25, -0.2) is 4.83 Å². The highest BCUT2D eigenvalue weighted by Crippen LogP contribution is 2.28. The topological polar surface area (TPSA) is 86.2 Å². The molecular formula is C17H18F2N2O5S. The van der Waals surface area contributed by atoms with Crippen LogP contribution < -0.4 is 19.0 Å². The lowest BCUT2D eigenvalue weighted by Gasteiger charge is -2.10. The highest BCUT2D eigenvalue weighted by atomic mass is 32.2. The lowest BCUT2D eigenvalue weighted by Crippen LogP contribution is -2.18. The van der Waals surface area contributed by atoms with Gasteiger partial charge in [-0.15, -0.1) is 0 Å². The molecule has 0 aromatic heterocycles. The molecule has 7 nitrogen and oxygen atoms in total. The van der Waals surface area contributed by atoms with Crippen molar-refractivity contribution >= 4 is 16.2 Å². The Kier molecular flexibility index (Phi) is 6.94. The van der Waals surface area contributed by atoms with Crippen molar-refractivity contribution in [1.29, 1.82) is 0 Å². The van der Waals surface area contributed by atoms with Gasteiger partial charge in [0, 0.05) is 0 Å². The Bertz CT molecular complexity index is 887. The van der Waals surface area contributed by atoms with Gasteiger partial charge in [-0.1, -0.05) is 0 Å². The minimum atomic E-state index is -3.86. The number of ether oxygens (including phenoxy) is 3. The van der Waals surface area contributed by atoms with E-state index in [1.54, 1.807) is 0 Å². The van der Waals surface area contributed by atoms with Crippen LogP contribution in [0.4, 0.5) is 8.78 Å². The summed E-state index contributed by atoms with van der Waals surface area (Å²) in [5.74, 6) is 0.478. The second-order valence-corrected chi connectivity index (χ2v) is 6.71. The molecule has 2 aromatic rings. The zero-order chi connectivity index (χ0) is 19.9. The number of sulfonamides is 1. The van der Waals surface area contributed by atoms with Gasteiger partial charge in [0.1, 0.15) is 5.75 Å². The number of nitrogens with one attached hydrogen (secondary N) is 1. The molecule has 0 spiro atoms. The van der Waals surface area contributed by atoms with Crippen LogP contribution in [0.25, 0.3) is 0 Å². The monoisotopic (exact) mass is 400 g/mol. The Hall–Kier alpha value is -2.88. The lowest BCUT2D eigenvalue weighted by molar-refractivity contribution is -0.0512. The first-order chi connectivity index (χ1) is 12.9. The first kappa shape index (κ1) is 20.4. The summed E-state index contributed by atoms with van der Waals surface area (Å²) in [6.07, 6.45) is 1.21. The average Bonchev–Trinajstić information content (AvgIpc) is 2.63. The molecule has 27 heavy (non-hydrogen) atoms. The number of hydrogen-bond donors (Lipinski definition) is 1. The van der Waals surface area contributed by atoms with Crippen molar-refractivity contribution in [3.8, 4) is 17.2 Å². The van der Waals surface area contributed by atoms with Gasteiger partial charge in [0.15, 0.2) is 11.5 Å². The molecule has 0 atom stereocenters. The molecular weight excluding hydrogens is 382 g/mol. The van der Waals surface area contributed by atoms with Crippen LogP contribution in [0.5, 0.6) is 17.2 Å². The number of nitrogens with zero attached hydrogens (tertiary/aromatic N) is 1. The molecule has 0 aliphatic carbocycles. The van der Waals surface area contributed by atoms with Gasteiger partial charge in [0.2, 0.25) is 0 Å².